The molecule has 94 valence electrons. The number of benzene rings is 1. The van der Waals surface area contributed by atoms with E-state index in [0.29, 0.717) is 11.5 Å². The molecule has 0 radical (unpaired) electrons. The molecule has 1 aromatic rings. The molecule has 0 aromatic heterocycles. The number of hydrogen-bond acceptors (Lipinski definition) is 2. The largest absolute Gasteiger partial charge is 0.370 e. The van der Waals surface area contributed by atoms with Crippen LogP contribution >= 0.6 is 15.9 Å². The van der Waals surface area contributed by atoms with Crippen LogP contribution in [-0.2, 0) is 0 Å². The molecule has 0 spiro atoms. The summed E-state index contributed by atoms with van der Waals surface area (Å²) in [5.74, 6) is 0. The number of piperidine rings is 1. The Morgan fingerprint density at radius 3 is 2.82 bits per heavy atom. The minimum absolute atomic E-state index is 0.386. The lowest BCUT2D eigenvalue weighted by molar-refractivity contribution is 0.208. The van der Waals surface area contributed by atoms with Crippen molar-refractivity contribution in [1.29, 1.82) is 0 Å². The molecule has 0 saturated carbocycles. The van der Waals surface area contributed by atoms with Crippen LogP contribution in [-0.4, -0.2) is 26.2 Å². The van der Waals surface area contributed by atoms with Gasteiger partial charge in [-0.2, -0.15) is 0 Å². The number of rotatable bonds is 2. The van der Waals surface area contributed by atoms with E-state index in [1.165, 1.54) is 12.1 Å². The highest BCUT2D eigenvalue weighted by Gasteiger charge is 2.34. The summed E-state index contributed by atoms with van der Waals surface area (Å²) < 4.78 is 1.15. The third-order valence-electron chi connectivity index (χ3n) is 3.89. The number of hydrogen-bond donors (Lipinski definition) is 1. The van der Waals surface area contributed by atoms with E-state index in [1.807, 2.05) is 0 Å². The van der Waals surface area contributed by atoms with E-state index in [-0.39, 0.29) is 0 Å². The van der Waals surface area contributed by atoms with E-state index in [2.05, 4.69) is 71.3 Å². The lowest BCUT2D eigenvalue weighted by atomic mass is 9.78. The van der Waals surface area contributed by atoms with Crippen LogP contribution in [0.15, 0.2) is 28.7 Å². The van der Waals surface area contributed by atoms with Gasteiger partial charge >= 0.3 is 0 Å². The molecule has 1 aliphatic heterocycles. The van der Waals surface area contributed by atoms with Gasteiger partial charge in [0.2, 0.25) is 0 Å². The van der Waals surface area contributed by atoms with Crippen molar-refractivity contribution in [3.8, 4) is 0 Å². The lowest BCUT2D eigenvalue weighted by Gasteiger charge is -2.44. The van der Waals surface area contributed by atoms with E-state index in [0.717, 1.165) is 17.6 Å². The van der Waals surface area contributed by atoms with Crippen LogP contribution in [0.3, 0.4) is 0 Å². The van der Waals surface area contributed by atoms with Gasteiger partial charge < -0.3 is 10.2 Å². The first-order valence-corrected chi connectivity index (χ1v) is 7.00. The first-order valence-electron chi connectivity index (χ1n) is 6.21. The molecule has 3 heteroatoms. The van der Waals surface area contributed by atoms with Crippen LogP contribution in [0, 0.1) is 5.41 Å². The maximum atomic E-state index is 3.54. The van der Waals surface area contributed by atoms with Crippen molar-refractivity contribution < 1.29 is 0 Å². The first-order chi connectivity index (χ1) is 8.03. The van der Waals surface area contributed by atoms with Gasteiger partial charge in [0.15, 0.2) is 0 Å². The van der Waals surface area contributed by atoms with E-state index < -0.39 is 0 Å². The van der Waals surface area contributed by atoms with Crippen molar-refractivity contribution in [3.63, 3.8) is 0 Å². The standard InChI is InChI=1S/C14H21BrN2/c1-14(2)7-8-17(10-13(14)16-3)12-6-4-5-11(15)9-12/h4-6,9,13,16H,7-8,10H2,1-3H3. The second-order valence-corrected chi connectivity index (χ2v) is 6.42. The predicted octanol–water partition coefficient (Wildman–Crippen LogP) is 3.27. The summed E-state index contributed by atoms with van der Waals surface area (Å²) in [6.07, 6.45) is 1.23. The molecule has 1 saturated heterocycles. The van der Waals surface area contributed by atoms with Crippen molar-refractivity contribution in [2.24, 2.45) is 5.41 Å². The summed E-state index contributed by atoms with van der Waals surface area (Å²) in [5, 5.41) is 3.46. The molecule has 1 heterocycles. The Kier molecular flexibility index (Phi) is 3.79. The van der Waals surface area contributed by atoms with E-state index in [9.17, 15) is 0 Å². The summed E-state index contributed by atoms with van der Waals surface area (Å²) in [6.45, 7) is 6.93. The second kappa shape index (κ2) is 4.99. The van der Waals surface area contributed by atoms with Gasteiger partial charge in [-0.25, -0.2) is 0 Å². The Bertz CT molecular complexity index is 390. The van der Waals surface area contributed by atoms with Crippen LogP contribution in [0.4, 0.5) is 5.69 Å². The fourth-order valence-corrected chi connectivity index (χ4v) is 2.93. The van der Waals surface area contributed by atoms with Crippen LogP contribution in [0.25, 0.3) is 0 Å². The monoisotopic (exact) mass is 296 g/mol. The second-order valence-electron chi connectivity index (χ2n) is 5.51. The molecule has 1 atom stereocenters. The van der Waals surface area contributed by atoms with Crippen molar-refractivity contribution in [2.45, 2.75) is 26.3 Å². The summed E-state index contributed by atoms with van der Waals surface area (Å²) in [5.41, 5.74) is 1.70. The quantitative estimate of drug-likeness (QED) is 0.901. The minimum Gasteiger partial charge on any atom is -0.370 e. The number of nitrogens with zero attached hydrogens (tertiary/aromatic N) is 1. The van der Waals surface area contributed by atoms with Crippen molar-refractivity contribution in [3.05, 3.63) is 28.7 Å². The summed E-state index contributed by atoms with van der Waals surface area (Å²) in [6, 6.07) is 9.12. The van der Waals surface area contributed by atoms with Gasteiger partial charge in [0, 0.05) is 29.3 Å². The normalized spacial score (nSPS) is 23.8. The molecule has 1 unspecified atom stereocenters. The van der Waals surface area contributed by atoms with Crippen molar-refractivity contribution >= 4 is 21.6 Å². The summed E-state index contributed by atoms with van der Waals surface area (Å²) in [4.78, 5) is 2.47. The van der Waals surface area contributed by atoms with Crippen molar-refractivity contribution in [1.82, 2.24) is 5.32 Å². The smallest absolute Gasteiger partial charge is 0.0378 e. The van der Waals surface area contributed by atoms with E-state index in [4.69, 9.17) is 0 Å². The van der Waals surface area contributed by atoms with Gasteiger partial charge in [0.1, 0.15) is 0 Å². The Hall–Kier alpha value is -0.540. The van der Waals surface area contributed by atoms with E-state index in [1.54, 1.807) is 0 Å². The maximum absolute atomic E-state index is 3.54. The van der Waals surface area contributed by atoms with Crippen LogP contribution < -0.4 is 10.2 Å². The number of anilines is 1. The van der Waals surface area contributed by atoms with Crippen molar-refractivity contribution in [2.75, 3.05) is 25.0 Å². The fourth-order valence-electron chi connectivity index (χ4n) is 2.55. The maximum Gasteiger partial charge on any atom is 0.0378 e. The molecular weight excluding hydrogens is 276 g/mol. The Morgan fingerprint density at radius 2 is 2.18 bits per heavy atom. The topological polar surface area (TPSA) is 15.3 Å². The minimum atomic E-state index is 0.386. The number of likely N-dealkylation sites (N-methyl/N-ethyl adjacent to an activating group) is 1. The Balaban J connectivity index is 2.15. The van der Waals surface area contributed by atoms with Gasteiger partial charge in [0.25, 0.3) is 0 Å². The SMILES string of the molecule is CNC1CN(c2cccc(Br)c2)CCC1(C)C. The first kappa shape index (κ1) is 12.9. The van der Waals surface area contributed by atoms with E-state index >= 15 is 0 Å². The molecule has 1 aromatic carbocycles. The van der Waals surface area contributed by atoms with Gasteiger partial charge in [-0.15, -0.1) is 0 Å². The number of halogens is 1. The van der Waals surface area contributed by atoms with Crippen LogP contribution in [0.2, 0.25) is 0 Å². The molecule has 1 fully saturated rings. The highest BCUT2D eigenvalue weighted by atomic mass is 79.9. The van der Waals surface area contributed by atoms with Crippen LogP contribution in [0.1, 0.15) is 20.3 Å². The highest BCUT2D eigenvalue weighted by Crippen LogP contribution is 2.33. The molecule has 1 N–H and O–H groups in total. The Morgan fingerprint density at radius 1 is 1.41 bits per heavy atom. The zero-order valence-electron chi connectivity index (χ0n) is 10.8. The fraction of sp³-hybridized carbons (Fsp3) is 0.571. The summed E-state index contributed by atoms with van der Waals surface area (Å²) in [7, 11) is 2.07. The molecule has 2 rings (SSSR count). The third-order valence-corrected chi connectivity index (χ3v) is 4.39. The zero-order valence-corrected chi connectivity index (χ0v) is 12.4. The van der Waals surface area contributed by atoms with Crippen LogP contribution in [0.5, 0.6) is 0 Å². The Labute approximate surface area is 113 Å². The molecule has 0 bridgehead atoms. The number of nitrogens with one attached hydrogen (secondary N) is 1. The summed E-state index contributed by atoms with van der Waals surface area (Å²) >= 11 is 3.54. The average Bonchev–Trinajstić information content (AvgIpc) is 2.28. The highest BCUT2D eigenvalue weighted by molar-refractivity contribution is 9.10. The molecule has 0 amide bonds. The third kappa shape index (κ3) is 2.83. The molecule has 0 aliphatic carbocycles. The molecular formula is C14H21BrN2. The molecule has 17 heavy (non-hydrogen) atoms. The zero-order chi connectivity index (χ0) is 12.5. The van der Waals surface area contributed by atoms with Gasteiger partial charge in [-0.1, -0.05) is 35.8 Å². The lowest BCUT2D eigenvalue weighted by Crippen LogP contribution is -2.54. The molecule has 2 nitrogen and oxygen atoms in total. The van der Waals surface area contributed by atoms with Gasteiger partial charge in [-0.3, -0.25) is 0 Å². The molecule has 1 aliphatic rings. The van der Waals surface area contributed by atoms with Gasteiger partial charge in [0.05, 0.1) is 0 Å². The average molecular weight is 297 g/mol. The van der Waals surface area contributed by atoms with Gasteiger partial charge in [-0.05, 0) is 37.1 Å². The predicted molar refractivity (Wildman–Crippen MR) is 77.6 cm³/mol.